The van der Waals surface area contributed by atoms with Crippen molar-refractivity contribution >= 4 is 94.6 Å². The number of aliphatic carboxylic acids is 1. The summed E-state index contributed by atoms with van der Waals surface area (Å²) in [6.45, 7) is 7.79. The van der Waals surface area contributed by atoms with E-state index >= 15 is 0 Å². The second-order valence-electron chi connectivity index (χ2n) is 27.8. The van der Waals surface area contributed by atoms with E-state index in [4.69, 9.17) is 11.5 Å². The van der Waals surface area contributed by atoms with Crippen LogP contribution < -0.4 is 64.6 Å². The highest BCUT2D eigenvalue weighted by atomic mass is 16.4. The fourth-order valence-electron chi connectivity index (χ4n) is 13.6. The number of amides is 15. The number of carbonyl (C=O) groups is 16. The molecule has 0 spiro atoms. The van der Waals surface area contributed by atoms with Crippen LogP contribution in [0.15, 0.2) is 0 Å². The van der Waals surface area contributed by atoms with Gasteiger partial charge in [0.25, 0.3) is 0 Å². The number of primary amides is 1. The number of nitrogens with two attached hydrogens (primary N) is 2. The van der Waals surface area contributed by atoms with E-state index in [0.29, 0.717) is 25.7 Å². The van der Waals surface area contributed by atoms with E-state index in [1.54, 1.807) is 13.8 Å². The molecule has 16 atom stereocenters. The lowest BCUT2D eigenvalue weighted by Crippen LogP contribution is -2.62. The molecule has 5 saturated heterocycles. The molecule has 0 unspecified atom stereocenters. The zero-order chi connectivity index (χ0) is 77.1. The summed E-state index contributed by atoms with van der Waals surface area (Å²) in [5, 5.41) is 67.5. The van der Waals surface area contributed by atoms with Crippen LogP contribution in [-0.2, 0) is 76.7 Å². The van der Waals surface area contributed by atoms with Gasteiger partial charge in [0.1, 0.15) is 78.5 Å². The van der Waals surface area contributed by atoms with Crippen molar-refractivity contribution in [2.75, 3.05) is 45.9 Å². The lowest BCUT2D eigenvalue weighted by molar-refractivity contribution is -0.149. The van der Waals surface area contributed by atoms with Crippen LogP contribution in [-0.4, -0.2) is 271 Å². The van der Waals surface area contributed by atoms with Gasteiger partial charge in [0.2, 0.25) is 88.6 Å². The maximum Gasteiger partial charge on any atom is 0.303 e. The summed E-state index contributed by atoms with van der Waals surface area (Å²) in [5.41, 5.74) is 11.4. The number of aliphatic hydroxyl groups excluding tert-OH is 3. The first-order valence-corrected chi connectivity index (χ1v) is 36.8. The molecule has 104 heavy (non-hydrogen) atoms. The van der Waals surface area contributed by atoms with Gasteiger partial charge in [-0.25, -0.2) is 0 Å². The van der Waals surface area contributed by atoms with Crippen LogP contribution in [0, 0.1) is 5.92 Å². The van der Waals surface area contributed by atoms with Crippen molar-refractivity contribution in [2.45, 2.75) is 280 Å². The Labute approximate surface area is 605 Å². The molecule has 5 aliphatic heterocycles. The zero-order valence-corrected chi connectivity index (χ0v) is 60.7. The Hall–Kier alpha value is -8.64. The smallest absolute Gasteiger partial charge is 0.303 e. The van der Waals surface area contributed by atoms with Crippen molar-refractivity contribution < 1.29 is 97.1 Å². The summed E-state index contributed by atoms with van der Waals surface area (Å²) < 4.78 is 0. The monoisotopic (exact) mass is 1470 g/mol. The zero-order valence-electron chi connectivity index (χ0n) is 60.7. The fraction of sp³-hybridized carbons (Fsp3) is 0.765. The number of carboxylic acids is 1. The Morgan fingerprint density at radius 3 is 1.35 bits per heavy atom. The molecule has 0 aliphatic carbocycles. The minimum atomic E-state index is -1.92. The number of rotatable bonds is 24. The molecule has 36 nitrogen and oxygen atoms in total. The van der Waals surface area contributed by atoms with Crippen LogP contribution in [0.25, 0.3) is 0 Å². The van der Waals surface area contributed by atoms with Crippen molar-refractivity contribution in [2.24, 2.45) is 17.4 Å². The number of nitrogens with one attached hydrogen (secondary N) is 10. The molecule has 15 amide bonds. The third kappa shape index (κ3) is 24.8. The molecule has 0 bridgehead atoms. The summed E-state index contributed by atoms with van der Waals surface area (Å²) in [4.78, 5) is 230. The number of aliphatic hydroxyl groups is 3. The quantitative estimate of drug-likeness (QED) is 0.0404. The maximum absolute atomic E-state index is 14.8. The Balaban J connectivity index is 1.55. The van der Waals surface area contributed by atoms with Gasteiger partial charge < -0.3 is 105 Å². The molecule has 5 heterocycles. The lowest BCUT2D eigenvalue weighted by atomic mass is 9.96. The van der Waals surface area contributed by atoms with Crippen molar-refractivity contribution in [1.29, 1.82) is 0 Å². The Bertz CT molecular complexity index is 3050. The molecule has 584 valence electrons. The molecule has 5 fully saturated rings. The maximum atomic E-state index is 14.8. The van der Waals surface area contributed by atoms with Gasteiger partial charge in [-0.3, -0.25) is 76.7 Å². The summed E-state index contributed by atoms with van der Waals surface area (Å²) in [6.07, 6.45) is 0.645. The van der Waals surface area contributed by atoms with Crippen molar-refractivity contribution in [3.63, 3.8) is 0 Å². The van der Waals surface area contributed by atoms with E-state index in [1.165, 1.54) is 21.6 Å². The SMILES string of the molecule is CCCCCCCC(=O)NCC[C@@H]1NC(=O)[C@@H]2CCCN2C(=O)[C@H]2CCCN2C(=O)[C@H]([C@@H](C)O)NC(=O)[C@H](CCCCN)NC(=O)[C@H](CCC(N)=O)NC(=O)[C@@H]2CCCN2C(=O)[C@@H]2CCCN2C(=O)[C@H]([C@@H](C)CC)NC(=O)[C@H](CO)NC(=O)[C@H](C)NC(=O)[C@H]([C@@H](C)O)NC(=O)[C@H](CCC(=O)O)NC1=O. The molecule has 36 heteroatoms. The molecular formula is C68H112N16O20. The van der Waals surface area contributed by atoms with Crippen LogP contribution in [0.5, 0.6) is 0 Å². The first kappa shape index (κ1) is 86.0. The highest BCUT2D eigenvalue weighted by Crippen LogP contribution is 2.29. The van der Waals surface area contributed by atoms with Crippen LogP contribution >= 0.6 is 0 Å². The Kier molecular flexibility index (Phi) is 35.0. The second kappa shape index (κ2) is 42.3. The fourth-order valence-corrected chi connectivity index (χ4v) is 13.6. The standard InChI is InChI=1S/C68H112N16O20/c1-7-9-10-11-12-24-51(89)71-31-29-44-58(94)74-43(26-28-52(90)91)60(96)79-54(39(5)86)64(100)72-38(4)56(92)77-45(36-85)61(97)78-53(37(3)8-2)67(103)83-34-17-22-48(83)65(101)81-32-15-20-46(81)62(98)75-42(25-27-50(70)88)57(93)73-41(19-13-14-30-69)59(95)80-55(40(6)87)68(104)84-35-18-23-49(84)66(102)82-33-16-21-47(82)63(99)76-44/h37-49,53-55,85-87H,7-36,69H2,1-6H3,(H2,70,88)(H,71,89)(H,72,100)(H,73,93)(H,74,94)(H,75,98)(H,76,99)(H,77,92)(H,78,97)(H,79,96)(H,80,95)(H,90,91)/t37-,38-,39+,40+,41-,42-,43-,44-,45-,46-,47-,48-,49+,53-,54-,55-/m0/s1. The Morgan fingerprint density at radius 2 is 0.875 bits per heavy atom. The first-order chi connectivity index (χ1) is 49.4. The van der Waals surface area contributed by atoms with Gasteiger partial charge in [0.05, 0.1) is 18.8 Å². The van der Waals surface area contributed by atoms with Gasteiger partial charge >= 0.3 is 5.97 Å². The average Bonchev–Trinajstić information content (AvgIpc) is 2.19. The number of fused-ring (bicyclic) bond motifs is 4. The molecule has 0 aromatic rings. The molecule has 0 aromatic carbocycles. The number of carboxylic acid groups (broad SMARTS) is 1. The number of hydrogen-bond acceptors (Lipinski definition) is 20. The molecule has 5 rings (SSSR count). The van der Waals surface area contributed by atoms with Gasteiger partial charge in [-0.2, -0.15) is 0 Å². The second-order valence-corrected chi connectivity index (χ2v) is 27.8. The highest BCUT2D eigenvalue weighted by Gasteiger charge is 2.48. The molecule has 0 saturated carbocycles. The minimum Gasteiger partial charge on any atom is -0.481 e. The van der Waals surface area contributed by atoms with Gasteiger partial charge in [0.15, 0.2) is 0 Å². The number of unbranched alkanes of at least 4 members (excludes halogenated alkanes) is 5. The van der Waals surface area contributed by atoms with E-state index < -0.39 is 211 Å². The van der Waals surface area contributed by atoms with E-state index in [9.17, 15) is 97.1 Å². The van der Waals surface area contributed by atoms with Crippen molar-refractivity contribution in [3.8, 4) is 0 Å². The number of carbonyl (C=O) groups excluding carboxylic acids is 15. The van der Waals surface area contributed by atoms with Crippen LogP contribution in [0.2, 0.25) is 0 Å². The van der Waals surface area contributed by atoms with E-state index in [0.717, 1.165) is 44.4 Å². The third-order valence-corrected chi connectivity index (χ3v) is 19.8. The Morgan fingerprint density at radius 1 is 0.462 bits per heavy atom. The summed E-state index contributed by atoms with van der Waals surface area (Å²) in [5.74, 6) is -15.5. The number of nitrogens with zero attached hydrogens (tertiary/aromatic N) is 4. The highest BCUT2D eigenvalue weighted by molar-refractivity contribution is 6.01. The van der Waals surface area contributed by atoms with Gasteiger partial charge in [-0.1, -0.05) is 52.9 Å². The number of hydrogen-bond donors (Lipinski definition) is 16. The van der Waals surface area contributed by atoms with E-state index in [2.05, 4.69) is 53.2 Å². The van der Waals surface area contributed by atoms with Gasteiger partial charge in [-0.15, -0.1) is 0 Å². The minimum absolute atomic E-state index is 0.0151. The molecule has 0 aromatic heterocycles. The summed E-state index contributed by atoms with van der Waals surface area (Å²) in [7, 11) is 0. The normalized spacial score (nSPS) is 28.4. The van der Waals surface area contributed by atoms with E-state index in [-0.39, 0.29) is 122 Å². The van der Waals surface area contributed by atoms with Crippen molar-refractivity contribution in [1.82, 2.24) is 72.8 Å². The first-order valence-electron chi connectivity index (χ1n) is 36.8. The molecular weight excluding hydrogens is 1360 g/mol. The van der Waals surface area contributed by atoms with Crippen LogP contribution in [0.4, 0.5) is 0 Å². The van der Waals surface area contributed by atoms with Crippen molar-refractivity contribution in [3.05, 3.63) is 0 Å². The van der Waals surface area contributed by atoms with Gasteiger partial charge in [-0.05, 0) is 130 Å². The predicted molar refractivity (Wildman–Crippen MR) is 371 cm³/mol. The van der Waals surface area contributed by atoms with Gasteiger partial charge in [0, 0.05) is 52.0 Å². The lowest BCUT2D eigenvalue weighted by Gasteiger charge is -2.35. The largest absolute Gasteiger partial charge is 0.481 e. The molecule has 0 radical (unpaired) electrons. The van der Waals surface area contributed by atoms with Crippen LogP contribution in [0.3, 0.4) is 0 Å². The molecule has 5 aliphatic rings. The molecule has 18 N–H and O–H groups in total. The third-order valence-electron chi connectivity index (χ3n) is 19.8. The summed E-state index contributed by atoms with van der Waals surface area (Å²) >= 11 is 0. The van der Waals surface area contributed by atoms with E-state index in [1.807, 2.05) is 6.92 Å². The summed E-state index contributed by atoms with van der Waals surface area (Å²) in [6, 6.07) is -19.8. The average molecular weight is 1470 g/mol. The topological polar surface area (TPSA) is 539 Å². The predicted octanol–water partition coefficient (Wildman–Crippen LogP) is -4.73. The van der Waals surface area contributed by atoms with Crippen LogP contribution in [0.1, 0.15) is 189 Å².